The summed E-state index contributed by atoms with van der Waals surface area (Å²) in [6, 6.07) is 6.03. The van der Waals surface area contributed by atoms with Gasteiger partial charge in [-0.25, -0.2) is 13.2 Å². The normalized spacial score (nSPS) is 17.8. The molecule has 6 nitrogen and oxygen atoms in total. The van der Waals surface area contributed by atoms with Gasteiger partial charge >= 0.3 is 0 Å². The van der Waals surface area contributed by atoms with E-state index in [4.69, 9.17) is 0 Å². The monoisotopic (exact) mass is 428 g/mol. The first kappa shape index (κ1) is 20.0. The van der Waals surface area contributed by atoms with E-state index in [0.29, 0.717) is 22.4 Å². The van der Waals surface area contributed by atoms with Gasteiger partial charge in [0.15, 0.2) is 5.82 Å². The molecule has 0 aliphatic carbocycles. The summed E-state index contributed by atoms with van der Waals surface area (Å²) in [4.78, 5) is 9.21. The molecule has 3 aromatic rings. The van der Waals surface area contributed by atoms with Crippen molar-refractivity contribution in [2.75, 3.05) is 43.4 Å². The largest absolute Gasteiger partial charge is 0.369 e. The highest BCUT2D eigenvalue weighted by molar-refractivity contribution is 5.92. The standard InChI is InChI=1S/C22H23F3N6/c1-13-19-17(6-15(8-26-19)31-11-22(12-31)9-30(2)10-22)21(29-28-13)27-7-14-4-3-5-16(18(14)23)20(24)25/h3-6,8,20H,7,9-12H2,1-2H3,(H,27,29). The molecule has 162 valence electrons. The third kappa shape index (κ3) is 3.46. The number of pyridine rings is 1. The lowest BCUT2D eigenvalue weighted by atomic mass is 9.73. The van der Waals surface area contributed by atoms with Gasteiger partial charge in [0.1, 0.15) is 5.82 Å². The number of likely N-dealkylation sites (tertiary alicyclic amines) is 1. The number of hydrogen-bond acceptors (Lipinski definition) is 6. The Morgan fingerprint density at radius 2 is 1.94 bits per heavy atom. The molecule has 1 N–H and O–H groups in total. The Labute approximate surface area is 178 Å². The SMILES string of the molecule is Cc1nnc(NCc2cccc(C(F)F)c2F)c2cc(N3CC4(CN(C)C4)C3)cnc12. The summed E-state index contributed by atoms with van der Waals surface area (Å²) in [5.74, 6) is -0.444. The molecule has 0 bridgehead atoms. The van der Waals surface area contributed by atoms with Crippen molar-refractivity contribution in [3.8, 4) is 0 Å². The van der Waals surface area contributed by atoms with E-state index in [1.807, 2.05) is 19.2 Å². The highest BCUT2D eigenvalue weighted by atomic mass is 19.3. The number of aromatic nitrogens is 3. The number of hydrogen-bond donors (Lipinski definition) is 1. The van der Waals surface area contributed by atoms with Crippen LogP contribution in [0.4, 0.5) is 24.7 Å². The first-order chi connectivity index (χ1) is 14.8. The van der Waals surface area contributed by atoms with E-state index >= 15 is 0 Å². The summed E-state index contributed by atoms with van der Waals surface area (Å²) < 4.78 is 40.4. The number of fused-ring (bicyclic) bond motifs is 1. The van der Waals surface area contributed by atoms with Crippen molar-refractivity contribution in [1.29, 1.82) is 0 Å². The van der Waals surface area contributed by atoms with Crippen molar-refractivity contribution in [3.05, 3.63) is 53.1 Å². The Balaban J connectivity index is 1.40. The van der Waals surface area contributed by atoms with Gasteiger partial charge in [0.05, 0.1) is 28.7 Å². The highest BCUT2D eigenvalue weighted by Crippen LogP contribution is 2.41. The van der Waals surface area contributed by atoms with Crippen molar-refractivity contribution in [1.82, 2.24) is 20.1 Å². The summed E-state index contributed by atoms with van der Waals surface area (Å²) in [6.45, 7) is 6.08. The van der Waals surface area contributed by atoms with Crippen LogP contribution in [-0.4, -0.2) is 53.3 Å². The lowest BCUT2D eigenvalue weighted by Crippen LogP contribution is -2.71. The minimum atomic E-state index is -2.86. The number of nitrogens with one attached hydrogen (secondary N) is 1. The molecule has 1 spiro atoms. The maximum Gasteiger partial charge on any atom is 0.266 e. The second-order valence-corrected chi connectivity index (χ2v) is 8.73. The zero-order valence-corrected chi connectivity index (χ0v) is 17.4. The number of anilines is 2. The maximum atomic E-state index is 14.4. The van der Waals surface area contributed by atoms with Crippen LogP contribution in [0.3, 0.4) is 0 Å². The van der Waals surface area contributed by atoms with Gasteiger partial charge in [-0.1, -0.05) is 18.2 Å². The Kier molecular flexibility index (Phi) is 4.73. The van der Waals surface area contributed by atoms with Gasteiger partial charge in [-0.05, 0) is 20.0 Å². The van der Waals surface area contributed by atoms with Crippen LogP contribution in [0.5, 0.6) is 0 Å². The van der Waals surface area contributed by atoms with Crippen LogP contribution in [0, 0.1) is 18.2 Å². The summed E-state index contributed by atoms with van der Waals surface area (Å²) in [6.07, 6.45) is -1.01. The predicted octanol–water partition coefficient (Wildman–Crippen LogP) is 3.77. The van der Waals surface area contributed by atoms with Gasteiger partial charge in [-0.15, -0.1) is 5.10 Å². The Morgan fingerprint density at radius 3 is 2.65 bits per heavy atom. The molecule has 2 fully saturated rings. The minimum Gasteiger partial charge on any atom is -0.369 e. The van der Waals surface area contributed by atoms with Gasteiger partial charge in [-0.3, -0.25) is 4.98 Å². The second kappa shape index (κ2) is 7.33. The lowest BCUT2D eigenvalue weighted by molar-refractivity contribution is -0.00240. The number of aryl methyl sites for hydroxylation is 1. The molecular weight excluding hydrogens is 405 g/mol. The first-order valence-corrected chi connectivity index (χ1v) is 10.2. The number of benzene rings is 1. The van der Waals surface area contributed by atoms with Crippen molar-refractivity contribution in [3.63, 3.8) is 0 Å². The number of nitrogens with zero attached hydrogens (tertiary/aromatic N) is 5. The third-order valence-electron chi connectivity index (χ3n) is 6.19. The average Bonchev–Trinajstić information content (AvgIpc) is 2.69. The fraction of sp³-hybridized carbons (Fsp3) is 0.409. The predicted molar refractivity (Wildman–Crippen MR) is 113 cm³/mol. The van der Waals surface area contributed by atoms with E-state index in [9.17, 15) is 13.2 Å². The molecule has 31 heavy (non-hydrogen) atoms. The van der Waals surface area contributed by atoms with E-state index in [1.165, 1.54) is 12.1 Å². The van der Waals surface area contributed by atoms with Crippen molar-refractivity contribution in [2.24, 2.45) is 5.41 Å². The van der Waals surface area contributed by atoms with E-state index in [-0.39, 0.29) is 12.1 Å². The van der Waals surface area contributed by atoms with Crippen LogP contribution in [0.2, 0.25) is 0 Å². The quantitative estimate of drug-likeness (QED) is 0.668. The Hall–Kier alpha value is -2.94. The molecule has 2 aromatic heterocycles. The van der Waals surface area contributed by atoms with Gasteiger partial charge < -0.3 is 15.1 Å². The maximum absolute atomic E-state index is 14.4. The van der Waals surface area contributed by atoms with E-state index in [2.05, 4.69) is 37.3 Å². The molecule has 0 unspecified atom stereocenters. The first-order valence-electron chi connectivity index (χ1n) is 10.2. The molecule has 0 saturated carbocycles. The molecule has 1 aromatic carbocycles. The zero-order chi connectivity index (χ0) is 21.8. The number of rotatable bonds is 5. The molecule has 4 heterocycles. The van der Waals surface area contributed by atoms with Crippen molar-refractivity contribution < 1.29 is 13.2 Å². The van der Waals surface area contributed by atoms with Crippen LogP contribution in [-0.2, 0) is 6.54 Å². The minimum absolute atomic E-state index is 0.0165. The topological polar surface area (TPSA) is 57.2 Å². The Morgan fingerprint density at radius 1 is 1.16 bits per heavy atom. The highest BCUT2D eigenvalue weighted by Gasteiger charge is 2.50. The number of alkyl halides is 2. The zero-order valence-electron chi connectivity index (χ0n) is 17.4. The fourth-order valence-electron chi connectivity index (χ4n) is 4.78. The van der Waals surface area contributed by atoms with Gasteiger partial charge in [0.25, 0.3) is 6.43 Å². The fourth-order valence-corrected chi connectivity index (χ4v) is 4.78. The molecule has 2 saturated heterocycles. The molecule has 0 radical (unpaired) electrons. The summed E-state index contributed by atoms with van der Waals surface area (Å²) >= 11 is 0. The van der Waals surface area contributed by atoms with Crippen molar-refractivity contribution >= 4 is 22.4 Å². The molecule has 0 amide bonds. The van der Waals surface area contributed by atoms with E-state index in [0.717, 1.165) is 43.3 Å². The van der Waals surface area contributed by atoms with Gasteiger partial charge in [0, 0.05) is 49.1 Å². The molecule has 5 rings (SSSR count). The van der Waals surface area contributed by atoms with Crippen LogP contribution < -0.4 is 10.2 Å². The average molecular weight is 428 g/mol. The Bertz CT molecular complexity index is 1140. The molecular formula is C22H23F3N6. The van der Waals surface area contributed by atoms with E-state index in [1.54, 1.807) is 0 Å². The molecule has 0 atom stereocenters. The summed E-state index contributed by atoms with van der Waals surface area (Å²) in [5.41, 5.74) is 2.35. The van der Waals surface area contributed by atoms with Gasteiger partial charge in [-0.2, -0.15) is 5.10 Å². The third-order valence-corrected chi connectivity index (χ3v) is 6.19. The molecule has 2 aliphatic heterocycles. The molecule has 9 heteroatoms. The summed E-state index contributed by atoms with van der Waals surface area (Å²) in [7, 11) is 2.13. The number of halogens is 3. The second-order valence-electron chi connectivity index (χ2n) is 8.73. The lowest BCUT2D eigenvalue weighted by Gasteiger charge is -2.60. The smallest absolute Gasteiger partial charge is 0.266 e. The van der Waals surface area contributed by atoms with E-state index < -0.39 is 17.8 Å². The molecule has 2 aliphatic rings. The van der Waals surface area contributed by atoms with Crippen LogP contribution in [0.25, 0.3) is 10.9 Å². The van der Waals surface area contributed by atoms with Crippen molar-refractivity contribution in [2.45, 2.75) is 19.9 Å². The van der Waals surface area contributed by atoms with Crippen LogP contribution in [0.1, 0.15) is 23.2 Å². The van der Waals surface area contributed by atoms with Crippen LogP contribution >= 0.6 is 0 Å². The van der Waals surface area contributed by atoms with Crippen LogP contribution in [0.15, 0.2) is 30.5 Å². The van der Waals surface area contributed by atoms with Gasteiger partial charge in [0.2, 0.25) is 0 Å². The summed E-state index contributed by atoms with van der Waals surface area (Å²) in [5, 5.41) is 12.2.